The number of aliphatic hydroxyl groups excluding tert-OH is 2. The lowest BCUT2D eigenvalue weighted by molar-refractivity contribution is -0.0844. The summed E-state index contributed by atoms with van der Waals surface area (Å²) >= 11 is 0. The molecule has 224 valence electrons. The van der Waals surface area contributed by atoms with Gasteiger partial charge in [-0.1, -0.05) is 180 Å². The second-order valence-electron chi connectivity index (χ2n) is 12.0. The van der Waals surface area contributed by atoms with Gasteiger partial charge in [0.15, 0.2) is 0 Å². The molecule has 2 unspecified atom stereocenters. The molecule has 3 heteroatoms. The van der Waals surface area contributed by atoms with Crippen LogP contribution in [0.5, 0.6) is 0 Å². The lowest BCUT2D eigenvalue weighted by Crippen LogP contribution is -2.40. The first-order valence-electron chi connectivity index (χ1n) is 17.2. The van der Waals surface area contributed by atoms with Crippen LogP contribution in [0.4, 0.5) is 0 Å². The minimum absolute atomic E-state index is 0.561. The Bertz CT molecular complexity index is 405. The van der Waals surface area contributed by atoms with E-state index in [-0.39, 0.29) is 0 Å². The summed E-state index contributed by atoms with van der Waals surface area (Å²) in [5, 5.41) is 19.3. The summed E-state index contributed by atoms with van der Waals surface area (Å²) in [6.07, 6.45) is 38.6. The standard InChI is InChI=1S/C34H71NO2/c1-4-5-6-7-8-9-10-11-12-13-14-15-16-17-18-19-20-21-22-23-24-25-26-27-28-29-30-31-32-35(33(2)36)34(3)37/h33-34,36-37H,4-32H2,1-3H3. The number of hydrogen-bond donors (Lipinski definition) is 2. The SMILES string of the molecule is CCCCCCCCCCCCCCCCCCCCCCCCCCCCCCN(C(C)O)C(C)O. The topological polar surface area (TPSA) is 43.7 Å². The van der Waals surface area contributed by atoms with Crippen molar-refractivity contribution in [1.29, 1.82) is 0 Å². The van der Waals surface area contributed by atoms with Gasteiger partial charge in [0.2, 0.25) is 0 Å². The van der Waals surface area contributed by atoms with Crippen molar-refractivity contribution < 1.29 is 10.2 Å². The quantitative estimate of drug-likeness (QED) is 0.0698. The van der Waals surface area contributed by atoms with E-state index >= 15 is 0 Å². The molecule has 3 nitrogen and oxygen atoms in total. The van der Waals surface area contributed by atoms with Crippen LogP contribution in [0.2, 0.25) is 0 Å². The minimum atomic E-state index is -0.561. The van der Waals surface area contributed by atoms with E-state index in [9.17, 15) is 10.2 Å². The first kappa shape index (κ1) is 36.9. The van der Waals surface area contributed by atoms with Crippen LogP contribution in [0.1, 0.15) is 201 Å². The van der Waals surface area contributed by atoms with E-state index in [1.807, 2.05) is 0 Å². The van der Waals surface area contributed by atoms with Crippen LogP contribution in [-0.2, 0) is 0 Å². The minimum Gasteiger partial charge on any atom is -0.379 e. The largest absolute Gasteiger partial charge is 0.379 e. The van der Waals surface area contributed by atoms with Gasteiger partial charge in [-0.05, 0) is 20.3 Å². The summed E-state index contributed by atoms with van der Waals surface area (Å²) in [5.74, 6) is 0. The average molecular weight is 526 g/mol. The van der Waals surface area contributed by atoms with Crippen LogP contribution in [0.25, 0.3) is 0 Å². The van der Waals surface area contributed by atoms with E-state index in [4.69, 9.17) is 0 Å². The first-order chi connectivity index (χ1) is 18.1. The highest BCUT2D eigenvalue weighted by Crippen LogP contribution is 2.16. The molecule has 37 heavy (non-hydrogen) atoms. The van der Waals surface area contributed by atoms with Gasteiger partial charge in [0.1, 0.15) is 12.5 Å². The zero-order valence-corrected chi connectivity index (χ0v) is 26.0. The van der Waals surface area contributed by atoms with E-state index in [0.717, 1.165) is 13.0 Å². The third kappa shape index (κ3) is 28.7. The van der Waals surface area contributed by atoms with E-state index < -0.39 is 12.5 Å². The fourth-order valence-corrected chi connectivity index (χ4v) is 5.65. The van der Waals surface area contributed by atoms with Crippen molar-refractivity contribution >= 4 is 0 Å². The Morgan fingerprint density at radius 1 is 0.351 bits per heavy atom. The molecule has 0 aromatic rings. The van der Waals surface area contributed by atoms with Gasteiger partial charge < -0.3 is 10.2 Å². The predicted octanol–water partition coefficient (Wildman–Crippen LogP) is 10.9. The van der Waals surface area contributed by atoms with Gasteiger partial charge in [-0.3, -0.25) is 4.90 Å². The number of hydrogen-bond acceptors (Lipinski definition) is 3. The Kier molecular flexibility index (Phi) is 30.3. The Labute approximate surface area is 234 Å². The molecule has 0 aliphatic carbocycles. The maximum atomic E-state index is 9.65. The number of aliphatic hydroxyl groups is 2. The molecule has 0 heterocycles. The molecule has 2 atom stereocenters. The monoisotopic (exact) mass is 526 g/mol. The third-order valence-electron chi connectivity index (χ3n) is 8.23. The Hall–Kier alpha value is -0.120. The molecule has 0 saturated heterocycles. The van der Waals surface area contributed by atoms with Crippen molar-refractivity contribution in [3.63, 3.8) is 0 Å². The fourth-order valence-electron chi connectivity index (χ4n) is 5.65. The van der Waals surface area contributed by atoms with Crippen molar-refractivity contribution in [1.82, 2.24) is 4.90 Å². The van der Waals surface area contributed by atoms with Gasteiger partial charge in [-0.25, -0.2) is 0 Å². The van der Waals surface area contributed by atoms with Crippen molar-refractivity contribution in [2.24, 2.45) is 0 Å². The van der Waals surface area contributed by atoms with Crippen LogP contribution in [0, 0.1) is 0 Å². The third-order valence-corrected chi connectivity index (χ3v) is 8.23. The molecule has 0 aliphatic rings. The van der Waals surface area contributed by atoms with E-state index in [1.165, 1.54) is 173 Å². The van der Waals surface area contributed by atoms with Gasteiger partial charge in [0, 0.05) is 6.54 Å². The van der Waals surface area contributed by atoms with Crippen molar-refractivity contribution in [2.75, 3.05) is 6.54 Å². The lowest BCUT2D eigenvalue weighted by Gasteiger charge is -2.27. The molecule has 0 rings (SSSR count). The average Bonchev–Trinajstić information content (AvgIpc) is 2.87. The second-order valence-corrected chi connectivity index (χ2v) is 12.0. The molecule has 0 fully saturated rings. The van der Waals surface area contributed by atoms with E-state index in [1.54, 1.807) is 18.7 Å². The van der Waals surface area contributed by atoms with Gasteiger partial charge >= 0.3 is 0 Å². The fraction of sp³-hybridized carbons (Fsp3) is 1.00. The number of rotatable bonds is 31. The predicted molar refractivity (Wildman–Crippen MR) is 165 cm³/mol. The molecule has 0 radical (unpaired) electrons. The van der Waals surface area contributed by atoms with Crippen molar-refractivity contribution in [3.8, 4) is 0 Å². The van der Waals surface area contributed by atoms with Gasteiger partial charge in [0.25, 0.3) is 0 Å². The van der Waals surface area contributed by atoms with Crippen molar-refractivity contribution in [2.45, 2.75) is 213 Å². The maximum absolute atomic E-state index is 9.65. The van der Waals surface area contributed by atoms with Crippen LogP contribution >= 0.6 is 0 Å². The van der Waals surface area contributed by atoms with Crippen LogP contribution in [0.3, 0.4) is 0 Å². The summed E-state index contributed by atoms with van der Waals surface area (Å²) in [5.41, 5.74) is 0. The first-order valence-corrected chi connectivity index (χ1v) is 17.2. The summed E-state index contributed by atoms with van der Waals surface area (Å²) in [7, 11) is 0. The molecule has 0 aromatic heterocycles. The van der Waals surface area contributed by atoms with E-state index in [0.29, 0.717) is 0 Å². The Morgan fingerprint density at radius 3 is 0.730 bits per heavy atom. The molecule has 0 aromatic carbocycles. The van der Waals surface area contributed by atoms with E-state index in [2.05, 4.69) is 6.92 Å². The molecule has 0 aliphatic heterocycles. The molecule has 2 N–H and O–H groups in total. The highest BCUT2D eigenvalue weighted by molar-refractivity contribution is 4.59. The Morgan fingerprint density at radius 2 is 0.541 bits per heavy atom. The number of nitrogens with zero attached hydrogens (tertiary/aromatic N) is 1. The summed E-state index contributed by atoms with van der Waals surface area (Å²) in [4.78, 5) is 1.75. The molecular weight excluding hydrogens is 454 g/mol. The molecule has 0 amide bonds. The zero-order valence-electron chi connectivity index (χ0n) is 26.0. The van der Waals surface area contributed by atoms with Crippen LogP contribution < -0.4 is 0 Å². The van der Waals surface area contributed by atoms with Crippen LogP contribution in [-0.4, -0.2) is 34.1 Å². The normalized spacial score (nSPS) is 13.5. The highest BCUT2D eigenvalue weighted by atomic mass is 16.3. The summed E-state index contributed by atoms with van der Waals surface area (Å²) < 4.78 is 0. The smallest absolute Gasteiger partial charge is 0.106 e. The molecular formula is C34H71NO2. The molecule has 0 saturated carbocycles. The molecule has 0 spiro atoms. The Balaban J connectivity index is 3.12. The lowest BCUT2D eigenvalue weighted by atomic mass is 10.0. The molecule has 0 bridgehead atoms. The van der Waals surface area contributed by atoms with Gasteiger partial charge in [-0.15, -0.1) is 0 Å². The van der Waals surface area contributed by atoms with Gasteiger partial charge in [0.05, 0.1) is 0 Å². The van der Waals surface area contributed by atoms with Crippen molar-refractivity contribution in [3.05, 3.63) is 0 Å². The highest BCUT2D eigenvalue weighted by Gasteiger charge is 2.14. The summed E-state index contributed by atoms with van der Waals surface area (Å²) in [6.45, 7) is 6.55. The number of unbranched alkanes of at least 4 members (excludes halogenated alkanes) is 27. The summed E-state index contributed by atoms with van der Waals surface area (Å²) in [6, 6.07) is 0. The van der Waals surface area contributed by atoms with Crippen LogP contribution in [0.15, 0.2) is 0 Å². The zero-order chi connectivity index (χ0) is 27.2. The second kappa shape index (κ2) is 30.4. The maximum Gasteiger partial charge on any atom is 0.106 e. The van der Waals surface area contributed by atoms with Gasteiger partial charge in [-0.2, -0.15) is 0 Å².